The van der Waals surface area contributed by atoms with Crippen molar-refractivity contribution in [2.24, 2.45) is 0 Å². The molecule has 0 spiro atoms. The van der Waals surface area contributed by atoms with Crippen molar-refractivity contribution in [2.45, 2.75) is 0 Å². The van der Waals surface area contributed by atoms with Gasteiger partial charge in [0.05, 0.1) is 0 Å². The first-order valence-electron chi connectivity index (χ1n) is 4.04. The van der Waals surface area contributed by atoms with E-state index in [9.17, 15) is 0 Å². The molecular weight excluding hydrogens is 227 g/mol. The van der Waals surface area contributed by atoms with Gasteiger partial charge in [0.2, 0.25) is 0 Å². The Hall–Kier alpha value is -1.18. The Morgan fingerprint density at radius 3 is 2.92 bits per heavy atom. The Kier molecular flexibility index (Phi) is 1.48. The summed E-state index contributed by atoms with van der Waals surface area (Å²) in [5.41, 5.74) is 1.08. The fourth-order valence-electron chi connectivity index (χ4n) is 1.46. The summed E-state index contributed by atoms with van der Waals surface area (Å²) in [7, 11) is 0. The molecule has 2 nitrogen and oxygen atoms in total. The molecule has 1 aromatic carbocycles. The van der Waals surface area contributed by atoms with E-state index in [0.29, 0.717) is 14.5 Å². The van der Waals surface area contributed by atoms with E-state index in [1.165, 1.54) is 13.9 Å². The first kappa shape index (κ1) is 7.24. The van der Waals surface area contributed by atoms with Crippen LogP contribution in [0.1, 0.15) is 0 Å². The summed E-state index contributed by atoms with van der Waals surface area (Å²) in [5, 5.41) is 9.35. The molecule has 62 valence electrons. The van der Waals surface area contributed by atoms with Gasteiger partial charge in [-0.25, -0.2) is 0 Å². The average Bonchev–Trinajstić information content (AvgIpc) is 2.56. The van der Waals surface area contributed by atoms with Gasteiger partial charge in [0, 0.05) is 0 Å². The zero-order valence-corrected chi connectivity index (χ0v) is 8.48. The number of nitrogens with zero attached hydrogens (tertiary/aromatic N) is 2. The third-order valence-electron chi connectivity index (χ3n) is 2.05. The van der Waals surface area contributed by atoms with E-state index in [1.54, 1.807) is 6.20 Å². The SMILES string of the molecule is c1ccc2c(c1)[se]c1ccnnc12. The molecule has 0 unspecified atom stereocenters. The van der Waals surface area contributed by atoms with Gasteiger partial charge in [-0.05, 0) is 0 Å². The molecule has 0 aliphatic rings. The molecule has 0 saturated carbocycles. The second-order valence-electron chi connectivity index (χ2n) is 2.84. The van der Waals surface area contributed by atoms with Gasteiger partial charge in [-0.2, -0.15) is 0 Å². The zero-order valence-electron chi connectivity index (χ0n) is 6.77. The summed E-state index contributed by atoms with van der Waals surface area (Å²) in [5.74, 6) is 0. The van der Waals surface area contributed by atoms with Crippen molar-refractivity contribution in [1.82, 2.24) is 10.2 Å². The van der Waals surface area contributed by atoms with E-state index < -0.39 is 0 Å². The van der Waals surface area contributed by atoms with Gasteiger partial charge in [-0.1, -0.05) is 0 Å². The van der Waals surface area contributed by atoms with Gasteiger partial charge >= 0.3 is 80.7 Å². The van der Waals surface area contributed by atoms with Gasteiger partial charge in [0.1, 0.15) is 0 Å². The minimum absolute atomic E-state index is 0.432. The molecule has 3 heteroatoms. The van der Waals surface area contributed by atoms with E-state index in [2.05, 4.69) is 40.5 Å². The molecule has 2 aromatic heterocycles. The molecule has 0 atom stereocenters. The van der Waals surface area contributed by atoms with Crippen molar-refractivity contribution >= 4 is 33.9 Å². The Labute approximate surface area is 81.0 Å². The molecule has 0 aliphatic heterocycles. The molecule has 3 rings (SSSR count). The molecule has 13 heavy (non-hydrogen) atoms. The monoisotopic (exact) mass is 234 g/mol. The summed E-state index contributed by atoms with van der Waals surface area (Å²) < 4.78 is 2.77. The normalized spacial score (nSPS) is 11.1. The van der Waals surface area contributed by atoms with Crippen molar-refractivity contribution in [2.75, 3.05) is 0 Å². The van der Waals surface area contributed by atoms with Gasteiger partial charge in [0.25, 0.3) is 0 Å². The number of aromatic nitrogens is 2. The average molecular weight is 233 g/mol. The van der Waals surface area contributed by atoms with E-state index in [-0.39, 0.29) is 0 Å². The van der Waals surface area contributed by atoms with Crippen LogP contribution in [0.2, 0.25) is 0 Å². The van der Waals surface area contributed by atoms with Crippen LogP contribution in [-0.2, 0) is 0 Å². The van der Waals surface area contributed by atoms with Gasteiger partial charge in [0.15, 0.2) is 0 Å². The fourth-order valence-corrected chi connectivity index (χ4v) is 3.63. The minimum atomic E-state index is 0.432. The Morgan fingerprint density at radius 2 is 1.92 bits per heavy atom. The summed E-state index contributed by atoms with van der Waals surface area (Å²) in [6.45, 7) is 0. The van der Waals surface area contributed by atoms with Crippen LogP contribution in [-0.4, -0.2) is 24.7 Å². The van der Waals surface area contributed by atoms with Crippen molar-refractivity contribution in [3.05, 3.63) is 36.5 Å². The van der Waals surface area contributed by atoms with Crippen LogP contribution >= 0.6 is 0 Å². The summed E-state index contributed by atoms with van der Waals surface area (Å²) in [6.07, 6.45) is 1.77. The second-order valence-corrected chi connectivity index (χ2v) is 5.12. The summed E-state index contributed by atoms with van der Waals surface area (Å²) >= 11 is 0.432. The topological polar surface area (TPSA) is 25.8 Å². The molecule has 2 heterocycles. The molecule has 0 bridgehead atoms. The van der Waals surface area contributed by atoms with Gasteiger partial charge < -0.3 is 0 Å². The molecule has 0 amide bonds. The molecule has 0 saturated heterocycles. The van der Waals surface area contributed by atoms with Crippen molar-refractivity contribution < 1.29 is 0 Å². The molecule has 3 aromatic rings. The zero-order chi connectivity index (χ0) is 8.67. The predicted molar refractivity (Wildman–Crippen MR) is 54.0 cm³/mol. The van der Waals surface area contributed by atoms with Crippen LogP contribution in [0, 0.1) is 0 Å². The fraction of sp³-hybridized carbons (Fsp3) is 0. The number of rotatable bonds is 0. The Morgan fingerprint density at radius 1 is 1.00 bits per heavy atom. The van der Waals surface area contributed by atoms with Crippen LogP contribution in [0.4, 0.5) is 0 Å². The van der Waals surface area contributed by atoms with Crippen LogP contribution in [0.25, 0.3) is 19.4 Å². The van der Waals surface area contributed by atoms with E-state index >= 15 is 0 Å². The molecular formula is C10H6N2Se. The quantitative estimate of drug-likeness (QED) is 0.554. The van der Waals surface area contributed by atoms with Crippen LogP contribution in [0.5, 0.6) is 0 Å². The van der Waals surface area contributed by atoms with E-state index in [1.807, 2.05) is 0 Å². The van der Waals surface area contributed by atoms with E-state index in [4.69, 9.17) is 0 Å². The van der Waals surface area contributed by atoms with E-state index in [0.717, 1.165) is 5.52 Å². The first-order valence-corrected chi connectivity index (χ1v) is 5.75. The predicted octanol–water partition coefficient (Wildman–Crippen LogP) is 1.84. The summed E-state index contributed by atoms with van der Waals surface area (Å²) in [6, 6.07) is 10.5. The molecule has 0 radical (unpaired) electrons. The maximum atomic E-state index is 4.17. The molecule has 0 fully saturated rings. The molecule has 0 aliphatic carbocycles. The van der Waals surface area contributed by atoms with Crippen LogP contribution in [0.15, 0.2) is 36.5 Å². The van der Waals surface area contributed by atoms with Crippen molar-refractivity contribution in [3.8, 4) is 0 Å². The Bertz CT molecular complexity index is 521. The van der Waals surface area contributed by atoms with Crippen molar-refractivity contribution in [1.29, 1.82) is 0 Å². The number of hydrogen-bond donors (Lipinski definition) is 0. The van der Waals surface area contributed by atoms with Crippen molar-refractivity contribution in [3.63, 3.8) is 0 Å². The van der Waals surface area contributed by atoms with Gasteiger partial charge in [-0.3, -0.25) is 0 Å². The number of fused-ring (bicyclic) bond motifs is 3. The second kappa shape index (κ2) is 2.66. The standard InChI is InChI=1S/C10H6N2Se/c1-2-4-8-7(3-1)10-9(13-8)5-6-11-12-10/h1-6H. The third kappa shape index (κ3) is 1.01. The first-order chi connectivity index (χ1) is 6.45. The maximum absolute atomic E-state index is 4.17. The Balaban J connectivity index is 2.64. The van der Waals surface area contributed by atoms with Gasteiger partial charge in [-0.15, -0.1) is 0 Å². The number of benzene rings is 1. The summed E-state index contributed by atoms with van der Waals surface area (Å²) in [4.78, 5) is 0. The number of hydrogen-bond acceptors (Lipinski definition) is 2. The van der Waals surface area contributed by atoms with Crippen LogP contribution < -0.4 is 0 Å². The molecule has 0 N–H and O–H groups in total. The van der Waals surface area contributed by atoms with Crippen LogP contribution in [0.3, 0.4) is 0 Å². The third-order valence-corrected chi connectivity index (χ3v) is 4.41.